The Morgan fingerprint density at radius 1 is 1.23 bits per heavy atom. The number of nitrogens with zero attached hydrogens (tertiary/aromatic N) is 1. The molecule has 3 N–H and O–H groups in total. The van der Waals surface area contributed by atoms with Crippen LogP contribution in [0.3, 0.4) is 0 Å². The van der Waals surface area contributed by atoms with Crippen LogP contribution < -0.4 is 5.32 Å². The summed E-state index contributed by atoms with van der Waals surface area (Å²) in [5.74, 6) is -0.243. The number of aliphatic hydroxyl groups is 2. The molecule has 39 heavy (non-hydrogen) atoms. The molecule has 220 valence electrons. The van der Waals surface area contributed by atoms with Crippen molar-refractivity contribution < 1.29 is 38.8 Å². The van der Waals surface area contributed by atoms with Gasteiger partial charge in [-0.1, -0.05) is 33.8 Å². The SMILES string of the molecule is C=C[C@]1(C)C[C@@H](OC(=O)NC(=O)OCC(O)CN2CCOCC2)[C@@]2(C)C(C)CC[C@]3(CCC(=O)[C@H]32)[C@@H](C)[C@@H]1O. The number of ether oxygens (including phenoxy) is 3. The van der Waals surface area contributed by atoms with Crippen molar-refractivity contribution in [3.8, 4) is 0 Å². The van der Waals surface area contributed by atoms with E-state index < -0.39 is 41.3 Å². The van der Waals surface area contributed by atoms with Gasteiger partial charge in [-0.3, -0.25) is 9.69 Å². The molecular formula is C29H46N2O8. The number of rotatable bonds is 6. The van der Waals surface area contributed by atoms with Gasteiger partial charge in [0.05, 0.1) is 19.3 Å². The molecule has 10 heteroatoms. The number of carbonyl (C=O) groups is 3. The first-order valence-corrected chi connectivity index (χ1v) is 14.3. The average Bonchev–Trinajstić information content (AvgIpc) is 3.26. The van der Waals surface area contributed by atoms with Gasteiger partial charge < -0.3 is 24.4 Å². The molecule has 3 saturated carbocycles. The zero-order chi connectivity index (χ0) is 28.6. The van der Waals surface area contributed by atoms with E-state index >= 15 is 0 Å². The van der Waals surface area contributed by atoms with Crippen molar-refractivity contribution in [2.45, 2.75) is 78.1 Å². The Balaban J connectivity index is 1.48. The molecule has 2 amide bonds. The van der Waals surface area contributed by atoms with Crippen LogP contribution in [0.25, 0.3) is 0 Å². The lowest BCUT2D eigenvalue weighted by molar-refractivity contribution is -0.191. The molecule has 0 spiro atoms. The van der Waals surface area contributed by atoms with Gasteiger partial charge >= 0.3 is 12.2 Å². The summed E-state index contributed by atoms with van der Waals surface area (Å²) in [6, 6.07) is 0. The van der Waals surface area contributed by atoms with Crippen molar-refractivity contribution in [1.82, 2.24) is 10.2 Å². The Kier molecular flexibility index (Phi) is 8.81. The van der Waals surface area contributed by atoms with Crippen LogP contribution in [0.5, 0.6) is 0 Å². The van der Waals surface area contributed by atoms with Gasteiger partial charge in [0.15, 0.2) is 0 Å². The van der Waals surface area contributed by atoms with Crippen molar-refractivity contribution in [1.29, 1.82) is 0 Å². The highest BCUT2D eigenvalue weighted by Gasteiger charge is 2.68. The third-order valence-electron chi connectivity index (χ3n) is 10.7. The molecule has 0 radical (unpaired) electrons. The second-order valence-electron chi connectivity index (χ2n) is 12.8. The highest BCUT2D eigenvalue weighted by molar-refractivity contribution is 5.88. The Morgan fingerprint density at radius 2 is 1.92 bits per heavy atom. The molecule has 3 aliphatic carbocycles. The van der Waals surface area contributed by atoms with Gasteiger partial charge in [-0.05, 0) is 42.9 Å². The van der Waals surface area contributed by atoms with Gasteiger partial charge in [0.25, 0.3) is 0 Å². The van der Waals surface area contributed by atoms with Gasteiger partial charge in [0, 0.05) is 42.8 Å². The van der Waals surface area contributed by atoms with E-state index in [1.807, 2.05) is 25.7 Å². The lowest BCUT2D eigenvalue weighted by Gasteiger charge is -2.61. The number of nitrogens with one attached hydrogen (secondary N) is 1. The van der Waals surface area contributed by atoms with Crippen LogP contribution in [0.4, 0.5) is 9.59 Å². The molecule has 0 aromatic rings. The monoisotopic (exact) mass is 550 g/mol. The number of β-amino-alcohol motifs (C(OH)–C–C–N with tert-alkyl or cyclic N) is 1. The molecule has 9 atom stereocenters. The van der Waals surface area contributed by atoms with Crippen LogP contribution >= 0.6 is 0 Å². The molecule has 2 bridgehead atoms. The number of imide groups is 1. The molecule has 1 aliphatic heterocycles. The maximum absolute atomic E-state index is 13.5. The topological polar surface area (TPSA) is 135 Å². The average molecular weight is 551 g/mol. The fourth-order valence-electron chi connectivity index (χ4n) is 8.09. The summed E-state index contributed by atoms with van der Waals surface area (Å²) < 4.78 is 16.4. The van der Waals surface area contributed by atoms with Crippen molar-refractivity contribution in [2.24, 2.45) is 34.0 Å². The minimum atomic E-state index is -1.01. The van der Waals surface area contributed by atoms with Crippen LogP contribution in [0.15, 0.2) is 12.7 Å². The van der Waals surface area contributed by atoms with Gasteiger partial charge in [-0.15, -0.1) is 6.58 Å². The van der Waals surface area contributed by atoms with Crippen LogP contribution in [-0.4, -0.2) is 90.8 Å². The quantitative estimate of drug-likeness (QED) is 0.427. The number of ketones is 1. The van der Waals surface area contributed by atoms with Gasteiger partial charge in [0.1, 0.15) is 24.6 Å². The van der Waals surface area contributed by atoms with E-state index in [0.29, 0.717) is 45.7 Å². The standard InChI is InChI=1S/C29H46N2O8/c1-6-27(4)15-22(39-26(36)30-25(35)38-17-20(32)16-31-11-13-37-14-12-31)28(5)18(2)7-9-29(19(3)24(27)34)10-8-21(33)23(28)29/h6,18-20,22-24,32,34H,1,7-17H2,2-5H3,(H,30,35,36)/t18?,19-,20?,22+,23-,24-,27+,28+,29-/m0/s1. The van der Waals surface area contributed by atoms with Gasteiger partial charge in [-0.2, -0.15) is 0 Å². The molecule has 0 aromatic carbocycles. The van der Waals surface area contributed by atoms with Crippen molar-refractivity contribution in [3.05, 3.63) is 12.7 Å². The first-order chi connectivity index (χ1) is 18.4. The van der Waals surface area contributed by atoms with Crippen LogP contribution in [0.1, 0.15) is 59.8 Å². The number of amides is 2. The fraction of sp³-hybridized carbons (Fsp3) is 0.828. The third kappa shape index (κ3) is 5.49. The molecule has 0 aromatic heterocycles. The number of alkyl carbamates (subject to hydrolysis) is 2. The van der Waals surface area contributed by atoms with Gasteiger partial charge in [0.2, 0.25) is 0 Å². The predicted octanol–water partition coefficient (Wildman–Crippen LogP) is 2.91. The molecule has 4 rings (SSSR count). The second kappa shape index (κ2) is 11.5. The maximum atomic E-state index is 13.5. The zero-order valence-electron chi connectivity index (χ0n) is 23.8. The van der Waals surface area contributed by atoms with E-state index in [4.69, 9.17) is 14.2 Å². The fourth-order valence-corrected chi connectivity index (χ4v) is 8.09. The van der Waals surface area contributed by atoms with Crippen LogP contribution in [-0.2, 0) is 19.0 Å². The van der Waals surface area contributed by atoms with E-state index in [1.165, 1.54) is 0 Å². The number of carbonyl (C=O) groups excluding carboxylic acids is 3. The highest BCUT2D eigenvalue weighted by Crippen LogP contribution is 2.67. The Bertz CT molecular complexity index is 954. The molecule has 1 heterocycles. The maximum Gasteiger partial charge on any atom is 0.416 e. The summed E-state index contributed by atoms with van der Waals surface area (Å²) in [5, 5.41) is 23.9. The van der Waals surface area contributed by atoms with E-state index in [9.17, 15) is 24.6 Å². The second-order valence-corrected chi connectivity index (χ2v) is 12.8. The first-order valence-electron chi connectivity index (χ1n) is 14.3. The number of morpholine rings is 1. The van der Waals surface area contributed by atoms with Crippen molar-refractivity contribution in [3.63, 3.8) is 0 Å². The molecule has 10 nitrogen and oxygen atoms in total. The minimum Gasteiger partial charge on any atom is -0.446 e. The molecule has 4 fully saturated rings. The van der Waals surface area contributed by atoms with Crippen LogP contribution in [0.2, 0.25) is 0 Å². The lowest BCUT2D eigenvalue weighted by atomic mass is 9.44. The summed E-state index contributed by atoms with van der Waals surface area (Å²) in [5.41, 5.74) is -1.83. The zero-order valence-corrected chi connectivity index (χ0v) is 23.8. The van der Waals surface area contributed by atoms with E-state index in [-0.39, 0.29) is 42.0 Å². The van der Waals surface area contributed by atoms with E-state index in [0.717, 1.165) is 12.8 Å². The number of Topliss-reactive ketones (excluding diaryl/α,β-unsaturated/α-hetero) is 1. The highest BCUT2D eigenvalue weighted by atomic mass is 16.6. The van der Waals surface area contributed by atoms with Crippen molar-refractivity contribution >= 4 is 18.0 Å². The predicted molar refractivity (Wildman–Crippen MR) is 143 cm³/mol. The first kappa shape index (κ1) is 30.0. The largest absolute Gasteiger partial charge is 0.446 e. The Morgan fingerprint density at radius 3 is 2.59 bits per heavy atom. The Labute approximate surface area is 231 Å². The molecule has 4 aliphatic rings. The summed E-state index contributed by atoms with van der Waals surface area (Å²) in [6.07, 6.45) is 0.435. The Hall–Kier alpha value is -2.01. The number of aliphatic hydroxyl groups excluding tert-OH is 2. The van der Waals surface area contributed by atoms with Crippen LogP contribution in [0, 0.1) is 34.0 Å². The summed E-state index contributed by atoms with van der Waals surface area (Å²) in [7, 11) is 0. The normalized spacial score (nSPS) is 41.5. The molecular weight excluding hydrogens is 504 g/mol. The summed E-state index contributed by atoms with van der Waals surface area (Å²) in [6.45, 7) is 14.7. The third-order valence-corrected chi connectivity index (χ3v) is 10.7. The molecule has 2 unspecified atom stereocenters. The summed E-state index contributed by atoms with van der Waals surface area (Å²) in [4.78, 5) is 40.9. The number of hydrogen-bond acceptors (Lipinski definition) is 9. The number of hydrogen-bond donors (Lipinski definition) is 3. The van der Waals surface area contributed by atoms with E-state index in [1.54, 1.807) is 6.08 Å². The van der Waals surface area contributed by atoms with Gasteiger partial charge in [-0.25, -0.2) is 14.9 Å². The molecule has 1 saturated heterocycles. The summed E-state index contributed by atoms with van der Waals surface area (Å²) >= 11 is 0. The smallest absolute Gasteiger partial charge is 0.416 e. The minimum absolute atomic E-state index is 0.0780. The lowest BCUT2D eigenvalue weighted by Crippen LogP contribution is -2.63. The van der Waals surface area contributed by atoms with E-state index in [2.05, 4.69) is 18.8 Å². The van der Waals surface area contributed by atoms with Crippen molar-refractivity contribution in [2.75, 3.05) is 39.5 Å².